The molecule has 1 aliphatic rings. The smallest absolute Gasteiger partial charge is 0.405 e. The summed E-state index contributed by atoms with van der Waals surface area (Å²) < 4.78 is 30.1. The Morgan fingerprint density at radius 3 is 2.56 bits per heavy atom. The van der Waals surface area contributed by atoms with Crippen molar-refractivity contribution in [2.45, 2.75) is 35.5 Å². The van der Waals surface area contributed by atoms with Crippen LogP contribution < -0.4 is 5.32 Å². The van der Waals surface area contributed by atoms with Crippen molar-refractivity contribution >= 4 is 39.1 Å². The normalized spacial score (nSPS) is 19.4. The van der Waals surface area contributed by atoms with Gasteiger partial charge in [-0.05, 0) is 37.5 Å². The highest BCUT2D eigenvalue weighted by molar-refractivity contribution is 7.92. The maximum Gasteiger partial charge on any atom is 0.405 e. The summed E-state index contributed by atoms with van der Waals surface area (Å²) in [6.45, 7) is -0.144. The van der Waals surface area contributed by atoms with E-state index in [1.165, 1.54) is 12.1 Å². The lowest BCUT2D eigenvalue weighted by molar-refractivity contribution is 0.109. The van der Waals surface area contributed by atoms with E-state index in [0.29, 0.717) is 17.9 Å². The number of halogens is 2. The molecule has 2 rings (SSSR count). The number of methoxy groups -OCH3 is 1. The van der Waals surface area contributed by atoms with Crippen LogP contribution in [0.4, 0.5) is 4.79 Å². The SMILES string of the molecule is CO[C@H]1CC[C@H](S(=O)(=O)c2ccc(Cl)cc2Cl)C1.N#CCNC(=O)O. The second kappa shape index (κ2) is 9.82. The number of hydrogen-bond donors (Lipinski definition) is 2. The second-order valence-corrected chi connectivity index (χ2v) is 8.27. The van der Waals surface area contributed by atoms with Crippen LogP contribution in [-0.2, 0) is 14.6 Å². The van der Waals surface area contributed by atoms with Gasteiger partial charge in [0, 0.05) is 12.1 Å². The third kappa shape index (κ3) is 6.36. The van der Waals surface area contributed by atoms with Gasteiger partial charge in [-0.25, -0.2) is 13.2 Å². The summed E-state index contributed by atoms with van der Waals surface area (Å²) in [5.41, 5.74) is 0. The highest BCUT2D eigenvalue weighted by Gasteiger charge is 2.36. The molecule has 1 amide bonds. The molecule has 1 aliphatic carbocycles. The van der Waals surface area contributed by atoms with Crippen molar-refractivity contribution < 1.29 is 23.1 Å². The number of nitrogens with zero attached hydrogens (tertiary/aromatic N) is 1. The van der Waals surface area contributed by atoms with Crippen molar-refractivity contribution in [3.05, 3.63) is 28.2 Å². The summed E-state index contributed by atoms with van der Waals surface area (Å²) in [7, 11) is -1.79. The summed E-state index contributed by atoms with van der Waals surface area (Å²) in [5.74, 6) is 0. The summed E-state index contributed by atoms with van der Waals surface area (Å²) in [6, 6.07) is 6.08. The van der Waals surface area contributed by atoms with Crippen LogP contribution in [0.15, 0.2) is 23.1 Å². The molecule has 2 N–H and O–H groups in total. The maximum absolute atomic E-state index is 12.4. The van der Waals surface area contributed by atoms with Crippen LogP contribution in [0.2, 0.25) is 10.0 Å². The monoisotopic (exact) mass is 408 g/mol. The number of ether oxygens (including phenoxy) is 1. The zero-order valence-corrected chi connectivity index (χ0v) is 15.7. The van der Waals surface area contributed by atoms with Gasteiger partial charge in [-0.15, -0.1) is 0 Å². The number of carboxylic acid groups (broad SMARTS) is 1. The van der Waals surface area contributed by atoms with E-state index in [4.69, 9.17) is 38.3 Å². The standard InChI is InChI=1S/C12H14Cl2O3S.C3H4N2O2/c1-17-9-3-4-10(7-9)18(15,16)12-5-2-8(13)6-11(12)14;4-1-2-5-3(6)7/h2,5-6,9-10H,3-4,7H2,1H3;5H,2H2,(H,6,7)/t9-,10-;/m0./s1. The Bertz CT molecular complexity index is 749. The number of hydrogen-bond acceptors (Lipinski definition) is 5. The summed E-state index contributed by atoms with van der Waals surface area (Å²) in [6.07, 6.45) is 0.765. The largest absolute Gasteiger partial charge is 0.465 e. The topological polar surface area (TPSA) is 116 Å². The number of nitriles is 1. The highest BCUT2D eigenvalue weighted by atomic mass is 35.5. The fourth-order valence-corrected chi connectivity index (χ4v) is 4.99. The van der Waals surface area contributed by atoms with Gasteiger partial charge in [-0.2, -0.15) is 5.26 Å². The molecule has 0 saturated heterocycles. The number of amides is 1. The Balaban J connectivity index is 0.000000381. The van der Waals surface area contributed by atoms with Gasteiger partial charge in [-0.1, -0.05) is 23.2 Å². The molecule has 1 aromatic carbocycles. The van der Waals surface area contributed by atoms with Gasteiger partial charge in [0.15, 0.2) is 9.84 Å². The average Bonchev–Trinajstić information content (AvgIpc) is 3.03. The van der Waals surface area contributed by atoms with Gasteiger partial charge in [0.2, 0.25) is 0 Å². The van der Waals surface area contributed by atoms with Crippen LogP contribution in [0.5, 0.6) is 0 Å². The van der Waals surface area contributed by atoms with E-state index in [-0.39, 0.29) is 22.6 Å². The number of benzene rings is 1. The molecule has 7 nitrogen and oxygen atoms in total. The minimum absolute atomic E-state index is 0.0239. The molecular weight excluding hydrogens is 391 g/mol. The Morgan fingerprint density at radius 1 is 1.44 bits per heavy atom. The number of nitrogens with one attached hydrogen (secondary N) is 1. The molecule has 1 fully saturated rings. The molecule has 25 heavy (non-hydrogen) atoms. The van der Waals surface area contributed by atoms with Gasteiger partial charge in [0.1, 0.15) is 6.54 Å². The van der Waals surface area contributed by atoms with Crippen molar-refractivity contribution in [1.82, 2.24) is 5.32 Å². The van der Waals surface area contributed by atoms with Crippen molar-refractivity contribution in [1.29, 1.82) is 5.26 Å². The minimum Gasteiger partial charge on any atom is -0.465 e. The summed E-state index contributed by atoms with van der Waals surface area (Å²) in [4.78, 5) is 9.66. The first-order valence-electron chi connectivity index (χ1n) is 7.27. The van der Waals surface area contributed by atoms with E-state index in [2.05, 4.69) is 0 Å². The Labute approximate surface area is 156 Å². The molecule has 0 spiro atoms. The molecule has 1 saturated carbocycles. The van der Waals surface area contributed by atoms with E-state index in [1.54, 1.807) is 19.2 Å². The van der Waals surface area contributed by atoms with Crippen LogP contribution in [0, 0.1) is 11.3 Å². The Kier molecular flexibility index (Phi) is 8.45. The van der Waals surface area contributed by atoms with Crippen LogP contribution in [0.3, 0.4) is 0 Å². The first-order valence-corrected chi connectivity index (χ1v) is 9.58. The number of rotatable bonds is 4. The Morgan fingerprint density at radius 2 is 2.12 bits per heavy atom. The van der Waals surface area contributed by atoms with Crippen molar-refractivity contribution in [3.63, 3.8) is 0 Å². The molecule has 0 aliphatic heterocycles. The maximum atomic E-state index is 12.4. The van der Waals surface area contributed by atoms with Crippen molar-refractivity contribution in [2.75, 3.05) is 13.7 Å². The molecule has 0 unspecified atom stereocenters. The molecular formula is C15H18Cl2N2O5S. The van der Waals surface area contributed by atoms with Crippen LogP contribution in [0.25, 0.3) is 0 Å². The van der Waals surface area contributed by atoms with Crippen LogP contribution in [0.1, 0.15) is 19.3 Å². The third-order valence-corrected chi connectivity index (χ3v) is 6.56. The fraction of sp³-hybridized carbons (Fsp3) is 0.467. The Hall–Kier alpha value is -1.53. The van der Waals surface area contributed by atoms with Gasteiger partial charge in [0.25, 0.3) is 0 Å². The fourth-order valence-electron chi connectivity index (χ4n) is 2.40. The van der Waals surface area contributed by atoms with E-state index in [0.717, 1.165) is 6.42 Å². The van der Waals surface area contributed by atoms with E-state index < -0.39 is 21.2 Å². The zero-order valence-electron chi connectivity index (χ0n) is 13.4. The molecule has 2 atom stereocenters. The van der Waals surface area contributed by atoms with Crippen molar-refractivity contribution in [3.8, 4) is 6.07 Å². The van der Waals surface area contributed by atoms with E-state index in [9.17, 15) is 13.2 Å². The van der Waals surface area contributed by atoms with Crippen molar-refractivity contribution in [2.24, 2.45) is 0 Å². The van der Waals surface area contributed by atoms with Gasteiger partial charge < -0.3 is 15.2 Å². The van der Waals surface area contributed by atoms with Gasteiger partial charge >= 0.3 is 6.09 Å². The molecule has 0 aromatic heterocycles. The predicted octanol–water partition coefficient (Wildman–Crippen LogP) is 3.11. The van der Waals surface area contributed by atoms with E-state index in [1.807, 2.05) is 5.32 Å². The van der Waals surface area contributed by atoms with Crippen LogP contribution in [-0.4, -0.2) is 44.6 Å². The van der Waals surface area contributed by atoms with E-state index >= 15 is 0 Å². The molecule has 138 valence electrons. The predicted molar refractivity (Wildman–Crippen MR) is 93.7 cm³/mol. The lowest BCUT2D eigenvalue weighted by Crippen LogP contribution is -2.20. The molecule has 0 bridgehead atoms. The third-order valence-electron chi connectivity index (χ3n) is 3.63. The molecule has 0 radical (unpaired) electrons. The minimum atomic E-state index is -3.40. The van der Waals surface area contributed by atoms with Gasteiger partial charge in [-0.3, -0.25) is 0 Å². The lowest BCUT2D eigenvalue weighted by Gasteiger charge is -2.13. The summed E-state index contributed by atoms with van der Waals surface area (Å²) in [5, 5.41) is 17.6. The summed E-state index contributed by atoms with van der Waals surface area (Å²) >= 11 is 11.7. The average molecular weight is 409 g/mol. The highest BCUT2D eigenvalue weighted by Crippen LogP contribution is 2.34. The first-order chi connectivity index (χ1) is 11.7. The molecule has 0 heterocycles. The molecule has 10 heteroatoms. The quantitative estimate of drug-likeness (QED) is 0.738. The lowest BCUT2D eigenvalue weighted by atomic mass is 10.3. The first kappa shape index (κ1) is 21.5. The zero-order chi connectivity index (χ0) is 19.0. The number of sulfone groups is 1. The second-order valence-electron chi connectivity index (χ2n) is 5.23. The van der Waals surface area contributed by atoms with Crippen LogP contribution >= 0.6 is 23.2 Å². The molecule has 1 aromatic rings. The van der Waals surface area contributed by atoms with Gasteiger partial charge in [0.05, 0.1) is 27.3 Å². The number of carbonyl (C=O) groups is 1.